The number of benzene rings is 1. The summed E-state index contributed by atoms with van der Waals surface area (Å²) < 4.78 is 28.0. The van der Waals surface area contributed by atoms with Crippen molar-refractivity contribution in [3.63, 3.8) is 0 Å². The average Bonchev–Trinajstić information content (AvgIpc) is 2.34. The van der Waals surface area contributed by atoms with Gasteiger partial charge in [0.1, 0.15) is 5.75 Å². The Kier molecular flexibility index (Phi) is 5.20. The Morgan fingerprint density at radius 2 is 2.05 bits per heavy atom. The van der Waals surface area contributed by atoms with E-state index in [-0.39, 0.29) is 23.3 Å². The molecule has 1 rings (SSSR count). The van der Waals surface area contributed by atoms with Gasteiger partial charge in [-0.05, 0) is 29.7 Å². The first-order valence-corrected chi connectivity index (χ1v) is 7.98. The van der Waals surface area contributed by atoms with E-state index in [0.29, 0.717) is 11.3 Å². The van der Waals surface area contributed by atoms with E-state index in [9.17, 15) is 13.2 Å². The lowest BCUT2D eigenvalue weighted by Crippen LogP contribution is -2.25. The number of rotatable bonds is 5. The summed E-state index contributed by atoms with van der Waals surface area (Å²) in [7, 11) is 3.04. The van der Waals surface area contributed by atoms with Crippen molar-refractivity contribution in [2.75, 3.05) is 13.7 Å². The molecule has 7 heteroatoms. The van der Waals surface area contributed by atoms with Gasteiger partial charge in [0.05, 0.1) is 4.90 Å². The van der Waals surface area contributed by atoms with Gasteiger partial charge in [-0.1, -0.05) is 13.8 Å². The SMILES string of the molecule is CNC(=O)COc1ccc(S(=O)(=O)Cl)cc1C(C)C. The molecule has 0 saturated heterocycles. The Bertz CT molecular complexity index is 569. The Balaban J connectivity index is 3.09. The third kappa shape index (κ3) is 4.40. The molecule has 5 nitrogen and oxygen atoms in total. The summed E-state index contributed by atoms with van der Waals surface area (Å²) in [5, 5.41) is 2.44. The molecule has 0 saturated carbocycles. The Morgan fingerprint density at radius 1 is 1.42 bits per heavy atom. The van der Waals surface area contributed by atoms with Gasteiger partial charge in [-0.3, -0.25) is 4.79 Å². The van der Waals surface area contributed by atoms with Crippen molar-refractivity contribution in [2.45, 2.75) is 24.7 Å². The van der Waals surface area contributed by atoms with Crippen LogP contribution in [0, 0.1) is 0 Å². The van der Waals surface area contributed by atoms with Crippen LogP contribution in [0.5, 0.6) is 5.75 Å². The van der Waals surface area contributed by atoms with Crippen molar-refractivity contribution in [2.24, 2.45) is 0 Å². The van der Waals surface area contributed by atoms with Crippen LogP contribution < -0.4 is 10.1 Å². The molecule has 0 aromatic heterocycles. The minimum absolute atomic E-state index is 0.0187. The maximum absolute atomic E-state index is 11.3. The second-order valence-corrected chi connectivity index (χ2v) is 6.82. The predicted octanol–water partition coefficient (Wildman–Crippen LogP) is 1.86. The number of hydrogen-bond donors (Lipinski definition) is 1. The van der Waals surface area contributed by atoms with Crippen molar-refractivity contribution in [3.8, 4) is 5.75 Å². The molecule has 19 heavy (non-hydrogen) atoms. The van der Waals surface area contributed by atoms with E-state index in [2.05, 4.69) is 5.32 Å². The largest absolute Gasteiger partial charge is 0.483 e. The summed E-state index contributed by atoms with van der Waals surface area (Å²) in [6.45, 7) is 3.67. The van der Waals surface area contributed by atoms with Gasteiger partial charge in [-0.15, -0.1) is 0 Å². The van der Waals surface area contributed by atoms with Crippen molar-refractivity contribution < 1.29 is 17.9 Å². The maximum atomic E-state index is 11.3. The Morgan fingerprint density at radius 3 is 2.53 bits per heavy atom. The fraction of sp³-hybridized carbons (Fsp3) is 0.417. The van der Waals surface area contributed by atoms with Gasteiger partial charge < -0.3 is 10.1 Å². The highest BCUT2D eigenvalue weighted by atomic mass is 35.7. The van der Waals surface area contributed by atoms with E-state index in [0.717, 1.165) is 0 Å². The molecule has 0 atom stereocenters. The molecular formula is C12H16ClNO4S. The number of nitrogens with one attached hydrogen (secondary N) is 1. The van der Waals surface area contributed by atoms with Crippen LogP contribution in [0.25, 0.3) is 0 Å². The van der Waals surface area contributed by atoms with Crippen LogP contribution in [0.2, 0.25) is 0 Å². The average molecular weight is 306 g/mol. The standard InChI is InChI=1S/C12H16ClNO4S/c1-8(2)10-6-9(19(13,16)17)4-5-11(10)18-7-12(15)14-3/h4-6,8H,7H2,1-3H3,(H,14,15). The smallest absolute Gasteiger partial charge is 0.261 e. The lowest BCUT2D eigenvalue weighted by molar-refractivity contribution is -0.122. The molecule has 1 amide bonds. The number of hydrogen-bond acceptors (Lipinski definition) is 4. The summed E-state index contributed by atoms with van der Waals surface area (Å²) >= 11 is 0. The lowest BCUT2D eigenvalue weighted by atomic mass is 10.0. The van der Waals surface area contributed by atoms with E-state index in [1.165, 1.54) is 25.2 Å². The number of carbonyl (C=O) groups excluding carboxylic acids is 1. The van der Waals surface area contributed by atoms with Gasteiger partial charge in [0.25, 0.3) is 15.0 Å². The van der Waals surface area contributed by atoms with Gasteiger partial charge in [-0.2, -0.15) is 0 Å². The van der Waals surface area contributed by atoms with Gasteiger partial charge in [0.2, 0.25) is 0 Å². The number of halogens is 1. The maximum Gasteiger partial charge on any atom is 0.261 e. The molecule has 0 spiro atoms. The monoisotopic (exact) mass is 305 g/mol. The van der Waals surface area contributed by atoms with Crippen LogP contribution in [-0.4, -0.2) is 28.0 Å². The van der Waals surface area contributed by atoms with E-state index >= 15 is 0 Å². The molecule has 0 aliphatic rings. The summed E-state index contributed by atoms with van der Waals surface area (Å²) in [4.78, 5) is 11.2. The van der Waals surface area contributed by atoms with Crippen LogP contribution in [0.3, 0.4) is 0 Å². The summed E-state index contributed by atoms with van der Waals surface area (Å²) in [5.41, 5.74) is 0.686. The van der Waals surface area contributed by atoms with Crippen LogP contribution in [0.1, 0.15) is 25.3 Å². The van der Waals surface area contributed by atoms with Crippen molar-refractivity contribution in [1.29, 1.82) is 0 Å². The zero-order valence-corrected chi connectivity index (χ0v) is 12.5. The van der Waals surface area contributed by atoms with E-state index in [1.54, 1.807) is 0 Å². The fourth-order valence-electron chi connectivity index (χ4n) is 1.48. The van der Waals surface area contributed by atoms with E-state index < -0.39 is 9.05 Å². The van der Waals surface area contributed by atoms with Crippen LogP contribution in [-0.2, 0) is 13.8 Å². The minimum atomic E-state index is -3.77. The second kappa shape index (κ2) is 6.25. The first-order chi connectivity index (χ1) is 8.75. The molecule has 1 N–H and O–H groups in total. The number of amides is 1. The van der Waals surface area contributed by atoms with Crippen LogP contribution >= 0.6 is 10.7 Å². The molecule has 0 unspecified atom stereocenters. The zero-order chi connectivity index (χ0) is 14.6. The fourth-order valence-corrected chi connectivity index (χ4v) is 2.26. The normalized spacial score (nSPS) is 11.4. The molecule has 0 aliphatic heterocycles. The topological polar surface area (TPSA) is 72.5 Å². The van der Waals surface area contributed by atoms with Crippen LogP contribution in [0.4, 0.5) is 0 Å². The molecular weight excluding hydrogens is 290 g/mol. The number of likely N-dealkylation sites (N-methyl/N-ethyl adjacent to an activating group) is 1. The zero-order valence-electron chi connectivity index (χ0n) is 10.9. The quantitative estimate of drug-likeness (QED) is 0.843. The van der Waals surface area contributed by atoms with Gasteiger partial charge >= 0.3 is 0 Å². The minimum Gasteiger partial charge on any atom is -0.483 e. The first-order valence-electron chi connectivity index (χ1n) is 5.67. The molecule has 0 radical (unpaired) electrons. The molecule has 106 valence electrons. The second-order valence-electron chi connectivity index (χ2n) is 4.25. The molecule has 0 bridgehead atoms. The van der Waals surface area contributed by atoms with E-state index in [1.807, 2.05) is 13.8 Å². The van der Waals surface area contributed by atoms with Gasteiger partial charge in [0.15, 0.2) is 6.61 Å². The molecule has 1 aromatic carbocycles. The Labute approximate surface area is 117 Å². The third-order valence-electron chi connectivity index (χ3n) is 2.52. The lowest BCUT2D eigenvalue weighted by Gasteiger charge is -2.14. The van der Waals surface area contributed by atoms with Crippen molar-refractivity contribution in [3.05, 3.63) is 23.8 Å². The molecule has 0 aliphatic carbocycles. The number of ether oxygens (including phenoxy) is 1. The number of carbonyl (C=O) groups is 1. The molecule has 0 fully saturated rings. The summed E-state index contributed by atoms with van der Waals surface area (Å²) in [6, 6.07) is 4.33. The van der Waals surface area contributed by atoms with E-state index in [4.69, 9.17) is 15.4 Å². The van der Waals surface area contributed by atoms with Crippen molar-refractivity contribution >= 4 is 25.6 Å². The van der Waals surface area contributed by atoms with Crippen LogP contribution in [0.15, 0.2) is 23.1 Å². The molecule has 0 heterocycles. The first kappa shape index (κ1) is 15.8. The third-order valence-corrected chi connectivity index (χ3v) is 3.87. The highest BCUT2D eigenvalue weighted by Gasteiger charge is 2.16. The highest BCUT2D eigenvalue weighted by Crippen LogP contribution is 2.30. The van der Waals surface area contributed by atoms with Gasteiger partial charge in [-0.25, -0.2) is 8.42 Å². The predicted molar refractivity (Wildman–Crippen MR) is 73.1 cm³/mol. The Hall–Kier alpha value is -1.27. The van der Waals surface area contributed by atoms with Gasteiger partial charge in [0, 0.05) is 17.7 Å². The van der Waals surface area contributed by atoms with Crippen molar-refractivity contribution in [1.82, 2.24) is 5.32 Å². The summed E-state index contributed by atoms with van der Waals surface area (Å²) in [5.74, 6) is 0.254. The molecule has 1 aromatic rings. The highest BCUT2D eigenvalue weighted by molar-refractivity contribution is 8.13. The summed E-state index contributed by atoms with van der Waals surface area (Å²) in [6.07, 6.45) is 0.